The van der Waals surface area contributed by atoms with Gasteiger partial charge in [-0.3, -0.25) is 5.43 Å². The van der Waals surface area contributed by atoms with Gasteiger partial charge in [0, 0.05) is 18.8 Å². The topological polar surface area (TPSA) is 64.9 Å². The molecule has 5 nitrogen and oxygen atoms in total. The molecule has 2 aromatic carbocycles. The van der Waals surface area contributed by atoms with Gasteiger partial charge in [-0.1, -0.05) is 18.2 Å². The Balaban J connectivity index is 2.00. The van der Waals surface area contributed by atoms with Gasteiger partial charge in [0.05, 0.1) is 17.5 Å². The minimum absolute atomic E-state index is 0.230. The highest BCUT2D eigenvalue weighted by Gasteiger charge is 2.02. The molecule has 120 valence electrons. The molecule has 0 fully saturated rings. The van der Waals surface area contributed by atoms with E-state index < -0.39 is 5.97 Å². The average Bonchev–Trinajstić information content (AvgIpc) is 2.57. The number of hydrazone groups is 1. The second kappa shape index (κ2) is 7.98. The second-order valence-corrected chi connectivity index (χ2v) is 5.02. The van der Waals surface area contributed by atoms with E-state index in [0.717, 1.165) is 18.7 Å². The van der Waals surface area contributed by atoms with Crippen LogP contribution in [0.15, 0.2) is 53.6 Å². The van der Waals surface area contributed by atoms with Crippen molar-refractivity contribution in [1.82, 2.24) is 0 Å². The van der Waals surface area contributed by atoms with Gasteiger partial charge in [0.15, 0.2) is 0 Å². The third kappa shape index (κ3) is 4.57. The van der Waals surface area contributed by atoms with Crippen molar-refractivity contribution >= 4 is 23.6 Å². The highest BCUT2D eigenvalue weighted by atomic mass is 16.4. The van der Waals surface area contributed by atoms with E-state index in [4.69, 9.17) is 5.11 Å². The van der Waals surface area contributed by atoms with Gasteiger partial charge in [-0.2, -0.15) is 5.10 Å². The number of benzene rings is 2. The van der Waals surface area contributed by atoms with Crippen LogP contribution in [0.2, 0.25) is 0 Å². The van der Waals surface area contributed by atoms with Gasteiger partial charge < -0.3 is 10.0 Å². The lowest BCUT2D eigenvalue weighted by Gasteiger charge is -2.20. The number of carboxylic acids is 1. The molecule has 0 heterocycles. The van der Waals surface area contributed by atoms with Crippen LogP contribution in [0.3, 0.4) is 0 Å². The van der Waals surface area contributed by atoms with Gasteiger partial charge in [0.25, 0.3) is 0 Å². The molecule has 2 rings (SSSR count). The monoisotopic (exact) mass is 311 g/mol. The van der Waals surface area contributed by atoms with Crippen molar-refractivity contribution in [2.45, 2.75) is 13.8 Å². The molecule has 0 aromatic heterocycles. The summed E-state index contributed by atoms with van der Waals surface area (Å²) in [6.07, 6.45) is 1.71. The van der Waals surface area contributed by atoms with Gasteiger partial charge in [-0.25, -0.2) is 4.79 Å². The van der Waals surface area contributed by atoms with Crippen LogP contribution in [0.1, 0.15) is 29.8 Å². The third-order valence-electron chi connectivity index (χ3n) is 3.54. The summed E-state index contributed by atoms with van der Waals surface area (Å²) < 4.78 is 0. The van der Waals surface area contributed by atoms with Gasteiger partial charge in [-0.15, -0.1) is 0 Å². The molecule has 0 atom stereocenters. The zero-order valence-corrected chi connectivity index (χ0v) is 13.4. The summed E-state index contributed by atoms with van der Waals surface area (Å²) in [6.45, 7) is 6.22. The smallest absolute Gasteiger partial charge is 0.335 e. The van der Waals surface area contributed by atoms with Gasteiger partial charge in [0.1, 0.15) is 0 Å². The maximum Gasteiger partial charge on any atom is 0.335 e. The zero-order valence-electron chi connectivity index (χ0n) is 13.4. The van der Waals surface area contributed by atoms with Crippen molar-refractivity contribution in [2.24, 2.45) is 5.10 Å². The number of nitrogens with zero attached hydrogens (tertiary/aromatic N) is 2. The van der Waals surface area contributed by atoms with Gasteiger partial charge in [0.2, 0.25) is 0 Å². The van der Waals surface area contributed by atoms with Crippen LogP contribution < -0.4 is 10.3 Å². The fourth-order valence-electron chi connectivity index (χ4n) is 2.26. The maximum atomic E-state index is 10.9. The lowest BCUT2D eigenvalue weighted by atomic mass is 10.2. The fraction of sp³-hybridized carbons (Fsp3) is 0.222. The van der Waals surface area contributed by atoms with E-state index >= 15 is 0 Å². The average molecular weight is 311 g/mol. The molecular weight excluding hydrogens is 290 g/mol. The van der Waals surface area contributed by atoms with Crippen LogP contribution >= 0.6 is 0 Å². The van der Waals surface area contributed by atoms with E-state index in [1.165, 1.54) is 5.69 Å². The van der Waals surface area contributed by atoms with E-state index in [-0.39, 0.29) is 5.56 Å². The number of anilines is 2. The summed E-state index contributed by atoms with van der Waals surface area (Å²) in [4.78, 5) is 13.2. The van der Waals surface area contributed by atoms with Crippen molar-refractivity contribution in [3.63, 3.8) is 0 Å². The zero-order chi connectivity index (χ0) is 16.7. The number of aromatic carboxylic acids is 1. The molecule has 23 heavy (non-hydrogen) atoms. The van der Waals surface area contributed by atoms with Crippen LogP contribution in [0, 0.1) is 0 Å². The standard InChI is InChI=1S/C18H21N3O2/c1-3-21(4-2)17-10-8-14(9-11-17)13-19-20-16-7-5-6-15(12-16)18(22)23/h5-13,20H,3-4H2,1-2H3,(H,22,23). The van der Waals surface area contributed by atoms with Crippen molar-refractivity contribution < 1.29 is 9.90 Å². The van der Waals surface area contributed by atoms with Crippen molar-refractivity contribution in [3.8, 4) is 0 Å². The molecule has 0 aliphatic rings. The number of hydrogen-bond donors (Lipinski definition) is 2. The fourth-order valence-corrected chi connectivity index (χ4v) is 2.26. The summed E-state index contributed by atoms with van der Waals surface area (Å²) in [5.41, 5.74) is 5.88. The first-order valence-electron chi connectivity index (χ1n) is 7.61. The molecule has 0 unspecified atom stereocenters. The maximum absolute atomic E-state index is 10.9. The predicted molar refractivity (Wildman–Crippen MR) is 94.6 cm³/mol. The molecule has 0 aliphatic heterocycles. The Kier molecular flexibility index (Phi) is 5.74. The molecule has 0 radical (unpaired) electrons. The lowest BCUT2D eigenvalue weighted by Crippen LogP contribution is -2.21. The van der Waals surface area contributed by atoms with Crippen molar-refractivity contribution in [2.75, 3.05) is 23.4 Å². The molecule has 2 N–H and O–H groups in total. The van der Waals surface area contributed by atoms with Crippen LogP contribution in [-0.2, 0) is 0 Å². The molecule has 0 saturated heterocycles. The van der Waals surface area contributed by atoms with E-state index in [0.29, 0.717) is 5.69 Å². The number of carbonyl (C=O) groups is 1. The van der Waals surface area contributed by atoms with E-state index in [1.807, 2.05) is 12.1 Å². The number of nitrogens with one attached hydrogen (secondary N) is 1. The molecule has 0 spiro atoms. The number of rotatable bonds is 7. The minimum Gasteiger partial charge on any atom is -0.478 e. The molecule has 0 bridgehead atoms. The summed E-state index contributed by atoms with van der Waals surface area (Å²) in [5.74, 6) is -0.954. The van der Waals surface area contributed by atoms with E-state index in [9.17, 15) is 4.79 Å². The molecule has 0 amide bonds. The Morgan fingerprint density at radius 2 is 1.87 bits per heavy atom. The third-order valence-corrected chi connectivity index (χ3v) is 3.54. The van der Waals surface area contributed by atoms with Crippen LogP contribution in [0.4, 0.5) is 11.4 Å². The first-order valence-corrected chi connectivity index (χ1v) is 7.61. The molecule has 5 heteroatoms. The highest BCUT2D eigenvalue weighted by Crippen LogP contribution is 2.14. The van der Waals surface area contributed by atoms with Crippen molar-refractivity contribution in [1.29, 1.82) is 0 Å². The lowest BCUT2D eigenvalue weighted by molar-refractivity contribution is 0.0697. The number of hydrogen-bond acceptors (Lipinski definition) is 4. The van der Waals surface area contributed by atoms with Gasteiger partial charge in [-0.05, 0) is 49.7 Å². The normalized spacial score (nSPS) is 10.7. The Hall–Kier alpha value is -2.82. The second-order valence-electron chi connectivity index (χ2n) is 5.02. The molecular formula is C18H21N3O2. The summed E-state index contributed by atoms with van der Waals surface area (Å²) in [6, 6.07) is 14.7. The first-order chi connectivity index (χ1) is 11.1. The Bertz CT molecular complexity index is 677. The predicted octanol–water partition coefficient (Wildman–Crippen LogP) is 3.68. The van der Waals surface area contributed by atoms with Crippen molar-refractivity contribution in [3.05, 3.63) is 59.7 Å². The Morgan fingerprint density at radius 3 is 2.48 bits per heavy atom. The molecule has 0 aliphatic carbocycles. The summed E-state index contributed by atoms with van der Waals surface area (Å²) >= 11 is 0. The van der Waals surface area contributed by atoms with Gasteiger partial charge >= 0.3 is 5.97 Å². The highest BCUT2D eigenvalue weighted by molar-refractivity contribution is 5.89. The van der Waals surface area contributed by atoms with Crippen LogP contribution in [-0.4, -0.2) is 30.4 Å². The molecule has 0 saturated carbocycles. The van der Waals surface area contributed by atoms with E-state index in [2.05, 4.69) is 41.4 Å². The summed E-state index contributed by atoms with van der Waals surface area (Å²) in [7, 11) is 0. The van der Waals surface area contributed by atoms with Crippen LogP contribution in [0.25, 0.3) is 0 Å². The molecule has 2 aromatic rings. The number of carboxylic acid groups (broad SMARTS) is 1. The Labute approximate surface area is 136 Å². The Morgan fingerprint density at radius 1 is 1.17 bits per heavy atom. The van der Waals surface area contributed by atoms with E-state index in [1.54, 1.807) is 30.5 Å². The first kappa shape index (κ1) is 16.5. The minimum atomic E-state index is -0.954. The largest absolute Gasteiger partial charge is 0.478 e. The summed E-state index contributed by atoms with van der Waals surface area (Å²) in [5, 5.41) is 13.1. The quantitative estimate of drug-likeness (QED) is 0.605. The SMILES string of the molecule is CCN(CC)c1ccc(C=NNc2cccc(C(=O)O)c2)cc1. The van der Waals surface area contributed by atoms with Crippen LogP contribution in [0.5, 0.6) is 0 Å².